The molecule has 8 nitrogen and oxygen atoms in total. The Hall–Kier alpha value is -4.66. The highest BCUT2D eigenvalue weighted by Crippen LogP contribution is 2.29. The molecule has 0 atom stereocenters. The van der Waals surface area contributed by atoms with Gasteiger partial charge in [0.25, 0.3) is 23.6 Å². The van der Waals surface area contributed by atoms with Crippen LogP contribution in [-0.2, 0) is 4.74 Å². The average Bonchev–Trinajstić information content (AvgIpc) is 3.22. The van der Waals surface area contributed by atoms with Crippen molar-refractivity contribution in [3.63, 3.8) is 0 Å². The van der Waals surface area contributed by atoms with Crippen LogP contribution in [-0.4, -0.2) is 41.2 Å². The molecule has 3 aromatic carbocycles. The number of fused-ring (bicyclic) bond motifs is 2. The topological polar surface area (TPSA) is 101 Å². The van der Waals surface area contributed by atoms with Crippen LogP contribution in [0, 0.1) is 5.82 Å². The predicted molar refractivity (Wildman–Crippen MR) is 111 cm³/mol. The number of ether oxygens (including phenoxy) is 1. The van der Waals surface area contributed by atoms with Gasteiger partial charge in [0.15, 0.2) is 6.73 Å². The molecule has 0 N–H and O–H groups in total. The molecule has 162 valence electrons. The molecule has 5 rings (SSSR count). The monoisotopic (exact) mass is 444 g/mol. The number of hydrogen-bond donors (Lipinski definition) is 0. The van der Waals surface area contributed by atoms with Crippen LogP contribution in [0.15, 0.2) is 66.7 Å². The second-order valence-electron chi connectivity index (χ2n) is 7.33. The standard InChI is InChI=1S/C24H13FN2O6/c25-14-6-8-15(9-7-14)27-22(30)18-10-5-13(11-19(18)23(27)31)24(32)33-12-26-20(28)16-3-1-2-4-17(16)21(26)29/h1-11H,12H2. The molecule has 2 aliphatic heterocycles. The third-order valence-electron chi connectivity index (χ3n) is 5.41. The first-order valence-electron chi connectivity index (χ1n) is 9.77. The van der Waals surface area contributed by atoms with Crippen LogP contribution in [0.25, 0.3) is 0 Å². The van der Waals surface area contributed by atoms with Gasteiger partial charge in [-0.2, -0.15) is 0 Å². The van der Waals surface area contributed by atoms with Crippen LogP contribution in [0.1, 0.15) is 51.8 Å². The van der Waals surface area contributed by atoms with Crippen molar-refractivity contribution in [2.75, 3.05) is 11.6 Å². The fourth-order valence-electron chi connectivity index (χ4n) is 3.76. The molecule has 4 amide bonds. The number of imide groups is 2. The molecular formula is C24H13FN2O6. The zero-order valence-corrected chi connectivity index (χ0v) is 16.8. The van der Waals surface area contributed by atoms with E-state index in [0.29, 0.717) is 0 Å². The Labute approximate surface area is 185 Å². The molecular weight excluding hydrogens is 431 g/mol. The number of halogens is 1. The van der Waals surface area contributed by atoms with Gasteiger partial charge in [-0.15, -0.1) is 0 Å². The van der Waals surface area contributed by atoms with Gasteiger partial charge >= 0.3 is 5.97 Å². The lowest BCUT2D eigenvalue weighted by Gasteiger charge is -2.14. The zero-order chi connectivity index (χ0) is 23.3. The second-order valence-corrected chi connectivity index (χ2v) is 7.33. The molecule has 0 spiro atoms. The molecule has 0 aliphatic carbocycles. The molecule has 9 heteroatoms. The van der Waals surface area contributed by atoms with E-state index >= 15 is 0 Å². The van der Waals surface area contributed by atoms with E-state index < -0.39 is 42.1 Å². The van der Waals surface area contributed by atoms with Gasteiger partial charge in [0, 0.05) is 0 Å². The first-order valence-corrected chi connectivity index (χ1v) is 9.77. The lowest BCUT2D eigenvalue weighted by molar-refractivity contribution is 0.0227. The normalized spacial score (nSPS) is 14.6. The number of carbonyl (C=O) groups is 5. The maximum atomic E-state index is 13.2. The minimum absolute atomic E-state index is 0.0143. The highest BCUT2D eigenvalue weighted by molar-refractivity contribution is 6.34. The van der Waals surface area contributed by atoms with Crippen LogP contribution in [0.3, 0.4) is 0 Å². The van der Waals surface area contributed by atoms with Crippen LogP contribution < -0.4 is 4.90 Å². The number of rotatable bonds is 4. The molecule has 0 bridgehead atoms. The fourth-order valence-corrected chi connectivity index (χ4v) is 3.76. The summed E-state index contributed by atoms with van der Waals surface area (Å²) in [5, 5.41) is 0. The van der Waals surface area contributed by atoms with Crippen molar-refractivity contribution < 1.29 is 33.1 Å². The first-order chi connectivity index (χ1) is 15.9. The van der Waals surface area contributed by atoms with Gasteiger partial charge in [-0.05, 0) is 54.6 Å². The van der Waals surface area contributed by atoms with E-state index in [1.165, 1.54) is 42.5 Å². The molecule has 0 saturated heterocycles. The van der Waals surface area contributed by atoms with Crippen molar-refractivity contribution in [1.82, 2.24) is 4.90 Å². The van der Waals surface area contributed by atoms with E-state index in [1.54, 1.807) is 12.1 Å². The number of hydrogen-bond acceptors (Lipinski definition) is 6. The third-order valence-corrected chi connectivity index (χ3v) is 5.41. The minimum Gasteiger partial charge on any atom is -0.440 e. The van der Waals surface area contributed by atoms with E-state index in [4.69, 9.17) is 4.74 Å². The zero-order valence-electron chi connectivity index (χ0n) is 16.8. The summed E-state index contributed by atoms with van der Waals surface area (Å²) in [6.45, 7) is -0.600. The summed E-state index contributed by atoms with van der Waals surface area (Å²) in [6.07, 6.45) is 0. The van der Waals surface area contributed by atoms with Crippen LogP contribution in [0.4, 0.5) is 10.1 Å². The smallest absolute Gasteiger partial charge is 0.339 e. The van der Waals surface area contributed by atoms with E-state index in [-0.39, 0.29) is 33.5 Å². The molecule has 33 heavy (non-hydrogen) atoms. The highest BCUT2D eigenvalue weighted by Gasteiger charge is 2.38. The number of nitrogens with zero attached hydrogens (tertiary/aromatic N) is 2. The number of esters is 1. The summed E-state index contributed by atoms with van der Waals surface area (Å²) in [7, 11) is 0. The molecule has 0 aromatic heterocycles. The Balaban J connectivity index is 1.33. The van der Waals surface area contributed by atoms with Crippen molar-refractivity contribution in [3.8, 4) is 0 Å². The molecule has 2 aliphatic rings. The average molecular weight is 444 g/mol. The quantitative estimate of drug-likeness (QED) is 0.453. The predicted octanol–water partition coefficient (Wildman–Crippen LogP) is 3.04. The van der Waals surface area contributed by atoms with Crippen molar-refractivity contribution in [2.45, 2.75) is 0 Å². The maximum absolute atomic E-state index is 13.2. The molecule has 0 fully saturated rings. The van der Waals surface area contributed by atoms with E-state index in [2.05, 4.69) is 0 Å². The summed E-state index contributed by atoms with van der Waals surface area (Å²) >= 11 is 0. The van der Waals surface area contributed by atoms with Crippen molar-refractivity contribution in [2.24, 2.45) is 0 Å². The van der Waals surface area contributed by atoms with Crippen molar-refractivity contribution in [1.29, 1.82) is 0 Å². The first kappa shape index (κ1) is 20.3. The molecule has 2 heterocycles. The lowest BCUT2D eigenvalue weighted by Crippen LogP contribution is -2.33. The van der Waals surface area contributed by atoms with Crippen LogP contribution in [0.2, 0.25) is 0 Å². The summed E-state index contributed by atoms with van der Waals surface area (Å²) < 4.78 is 18.3. The van der Waals surface area contributed by atoms with E-state index in [9.17, 15) is 28.4 Å². The molecule has 0 radical (unpaired) electrons. The van der Waals surface area contributed by atoms with Gasteiger partial charge in [0.1, 0.15) is 5.82 Å². The Kier molecular flexibility index (Phi) is 4.59. The Morgan fingerprint density at radius 3 is 1.94 bits per heavy atom. The van der Waals surface area contributed by atoms with Gasteiger partial charge in [-0.3, -0.25) is 19.2 Å². The SMILES string of the molecule is O=C(OCN1C(=O)c2ccccc2C1=O)c1ccc2c(c1)C(=O)N(c1ccc(F)cc1)C2=O. The van der Waals surface area contributed by atoms with Gasteiger partial charge in [-0.1, -0.05) is 12.1 Å². The number of carbonyl (C=O) groups excluding carboxylic acids is 5. The van der Waals surface area contributed by atoms with E-state index in [1.807, 2.05) is 0 Å². The van der Waals surface area contributed by atoms with Crippen molar-refractivity contribution in [3.05, 3.63) is 100 Å². The summed E-state index contributed by atoms with van der Waals surface area (Å²) in [6, 6.07) is 14.9. The Morgan fingerprint density at radius 1 is 0.727 bits per heavy atom. The Bertz CT molecular complexity index is 1350. The molecule has 0 saturated carbocycles. The summed E-state index contributed by atoms with van der Waals surface area (Å²) in [5.41, 5.74) is 0.674. The molecule has 3 aromatic rings. The van der Waals surface area contributed by atoms with Gasteiger partial charge < -0.3 is 4.74 Å². The highest BCUT2D eigenvalue weighted by atomic mass is 19.1. The van der Waals surface area contributed by atoms with Crippen molar-refractivity contribution >= 4 is 35.3 Å². The summed E-state index contributed by atoms with van der Waals surface area (Å²) in [5.74, 6) is -3.82. The van der Waals surface area contributed by atoms with Gasteiger partial charge in [0.05, 0.1) is 33.5 Å². The minimum atomic E-state index is -0.880. The fraction of sp³-hybridized carbons (Fsp3) is 0.0417. The third kappa shape index (κ3) is 3.18. The Morgan fingerprint density at radius 2 is 1.30 bits per heavy atom. The number of benzene rings is 3. The number of amides is 4. The lowest BCUT2D eigenvalue weighted by atomic mass is 10.1. The van der Waals surface area contributed by atoms with Crippen LogP contribution in [0.5, 0.6) is 0 Å². The second kappa shape index (κ2) is 7.49. The van der Waals surface area contributed by atoms with Crippen LogP contribution >= 0.6 is 0 Å². The largest absolute Gasteiger partial charge is 0.440 e. The van der Waals surface area contributed by atoms with Gasteiger partial charge in [0.2, 0.25) is 0 Å². The summed E-state index contributed by atoms with van der Waals surface area (Å²) in [4.78, 5) is 64.5. The maximum Gasteiger partial charge on any atom is 0.339 e. The molecule has 0 unspecified atom stereocenters. The van der Waals surface area contributed by atoms with E-state index in [0.717, 1.165) is 21.9 Å². The number of anilines is 1. The van der Waals surface area contributed by atoms with Gasteiger partial charge in [-0.25, -0.2) is 19.0 Å².